The van der Waals surface area contributed by atoms with Gasteiger partial charge in [-0.1, -0.05) is 0 Å². The first kappa shape index (κ1) is 13.4. The largest absolute Gasteiger partial charge is 0.463 e. The second kappa shape index (κ2) is 5.41. The second-order valence-electron chi connectivity index (χ2n) is 4.13. The van der Waals surface area contributed by atoms with Gasteiger partial charge in [0.1, 0.15) is 5.03 Å². The Kier molecular flexibility index (Phi) is 3.44. The molecule has 0 amide bonds. The topological polar surface area (TPSA) is 107 Å². The number of esters is 1. The number of aromatic amines is 1. The van der Waals surface area contributed by atoms with E-state index in [2.05, 4.69) is 24.7 Å². The summed E-state index contributed by atoms with van der Waals surface area (Å²) in [4.78, 5) is 26.9. The zero-order chi connectivity index (χ0) is 14.8. The van der Waals surface area contributed by atoms with Gasteiger partial charge in [0, 0.05) is 11.9 Å². The van der Waals surface area contributed by atoms with Crippen molar-refractivity contribution in [3.05, 3.63) is 36.3 Å². The summed E-state index contributed by atoms with van der Waals surface area (Å²) in [7, 11) is 1.29. The van der Waals surface area contributed by atoms with Gasteiger partial charge in [-0.05, 0) is 36.0 Å². The molecule has 0 unspecified atom stereocenters. The molecule has 2 aromatic heterocycles. The molecule has 2 heterocycles. The minimum atomic E-state index is -0.574. The van der Waals surface area contributed by atoms with E-state index in [-0.39, 0.29) is 5.82 Å². The second-order valence-corrected chi connectivity index (χ2v) is 5.14. The van der Waals surface area contributed by atoms with Crippen LogP contribution in [0.2, 0.25) is 0 Å². The molecule has 0 spiro atoms. The first-order chi connectivity index (χ1) is 10.2. The van der Waals surface area contributed by atoms with Crippen LogP contribution < -0.4 is 5.73 Å². The quantitative estimate of drug-likeness (QED) is 0.432. The summed E-state index contributed by atoms with van der Waals surface area (Å²) in [5.74, 6) is -0.558. The van der Waals surface area contributed by atoms with E-state index in [9.17, 15) is 4.79 Å². The standard InChI is InChI=1S/C13H11N5O2S/c1-20-12(19)11-15-5-4-10(18-11)21-13-16-8-3-2-7(14)6-9(8)17-13/h2-6H,14H2,1H3,(H,16,17). The number of nitrogens with two attached hydrogens (primary N) is 1. The van der Waals surface area contributed by atoms with Crippen LogP contribution in [-0.4, -0.2) is 33.0 Å². The van der Waals surface area contributed by atoms with Gasteiger partial charge in [-0.3, -0.25) is 0 Å². The number of aromatic nitrogens is 4. The molecule has 0 aliphatic carbocycles. The molecule has 3 N–H and O–H groups in total. The first-order valence-corrected chi connectivity index (χ1v) is 6.82. The van der Waals surface area contributed by atoms with Crippen LogP contribution in [0.5, 0.6) is 0 Å². The number of imidazole rings is 1. The van der Waals surface area contributed by atoms with E-state index in [1.807, 2.05) is 12.1 Å². The van der Waals surface area contributed by atoms with Crippen LogP contribution in [0.3, 0.4) is 0 Å². The van der Waals surface area contributed by atoms with Crippen LogP contribution in [0.1, 0.15) is 10.6 Å². The molecule has 0 fully saturated rings. The summed E-state index contributed by atoms with van der Waals surface area (Å²) in [6.45, 7) is 0. The maximum atomic E-state index is 11.4. The van der Waals surface area contributed by atoms with Crippen LogP contribution >= 0.6 is 11.8 Å². The number of hydrogen-bond donors (Lipinski definition) is 2. The van der Waals surface area contributed by atoms with Crippen LogP contribution in [0.15, 0.2) is 40.6 Å². The number of nitrogens with zero attached hydrogens (tertiary/aromatic N) is 3. The van der Waals surface area contributed by atoms with Crippen molar-refractivity contribution in [1.29, 1.82) is 0 Å². The van der Waals surface area contributed by atoms with Gasteiger partial charge in [-0.25, -0.2) is 19.7 Å². The Morgan fingerprint density at radius 1 is 1.33 bits per heavy atom. The lowest BCUT2D eigenvalue weighted by atomic mass is 10.3. The van der Waals surface area contributed by atoms with Gasteiger partial charge >= 0.3 is 5.97 Å². The fourth-order valence-electron chi connectivity index (χ4n) is 1.74. The molecule has 106 valence electrons. The fraction of sp³-hybridized carbons (Fsp3) is 0.0769. The molecule has 21 heavy (non-hydrogen) atoms. The van der Waals surface area contributed by atoms with E-state index in [0.717, 1.165) is 11.0 Å². The highest BCUT2D eigenvalue weighted by molar-refractivity contribution is 7.99. The van der Waals surface area contributed by atoms with Gasteiger partial charge in [-0.2, -0.15) is 0 Å². The highest BCUT2D eigenvalue weighted by atomic mass is 32.2. The molecule has 0 atom stereocenters. The fourth-order valence-corrected chi connectivity index (χ4v) is 2.50. The number of H-pyrrole nitrogens is 1. The Bertz CT molecular complexity index is 817. The first-order valence-electron chi connectivity index (χ1n) is 6.00. The highest BCUT2D eigenvalue weighted by Gasteiger charge is 2.11. The van der Waals surface area contributed by atoms with E-state index >= 15 is 0 Å². The van der Waals surface area contributed by atoms with E-state index in [0.29, 0.717) is 15.9 Å². The normalized spacial score (nSPS) is 10.7. The van der Waals surface area contributed by atoms with Gasteiger partial charge in [0.25, 0.3) is 0 Å². The molecular weight excluding hydrogens is 290 g/mol. The molecule has 0 aliphatic rings. The molecule has 3 aromatic rings. The molecule has 8 heteroatoms. The number of carbonyl (C=O) groups is 1. The zero-order valence-corrected chi connectivity index (χ0v) is 11.8. The average Bonchev–Trinajstić information content (AvgIpc) is 2.88. The Morgan fingerprint density at radius 3 is 3.00 bits per heavy atom. The molecule has 3 rings (SSSR count). The number of benzene rings is 1. The number of fused-ring (bicyclic) bond motifs is 1. The third-order valence-electron chi connectivity index (χ3n) is 2.68. The van der Waals surface area contributed by atoms with Crippen molar-refractivity contribution < 1.29 is 9.53 Å². The summed E-state index contributed by atoms with van der Waals surface area (Å²) < 4.78 is 4.59. The third kappa shape index (κ3) is 2.79. The molecule has 1 aromatic carbocycles. The van der Waals surface area contributed by atoms with Crippen molar-refractivity contribution in [2.24, 2.45) is 0 Å². The summed E-state index contributed by atoms with van der Waals surface area (Å²) in [5, 5.41) is 1.25. The minimum Gasteiger partial charge on any atom is -0.463 e. The number of nitrogens with one attached hydrogen (secondary N) is 1. The zero-order valence-electron chi connectivity index (χ0n) is 11.0. The molecule has 0 radical (unpaired) electrons. The monoisotopic (exact) mass is 301 g/mol. The van der Waals surface area contributed by atoms with Gasteiger partial charge in [-0.15, -0.1) is 0 Å². The van der Waals surface area contributed by atoms with Crippen molar-refractivity contribution in [1.82, 2.24) is 19.9 Å². The summed E-state index contributed by atoms with van der Waals surface area (Å²) in [5.41, 5.74) is 8.05. The lowest BCUT2D eigenvalue weighted by molar-refractivity contribution is 0.0585. The average molecular weight is 301 g/mol. The van der Waals surface area contributed by atoms with Crippen LogP contribution in [0.4, 0.5) is 5.69 Å². The lowest BCUT2D eigenvalue weighted by Crippen LogP contribution is -2.07. The predicted octanol–water partition coefficient (Wildman–Crippen LogP) is 1.87. The predicted molar refractivity (Wildman–Crippen MR) is 78.0 cm³/mol. The molecule has 0 saturated heterocycles. The molecule has 0 saturated carbocycles. The van der Waals surface area contributed by atoms with E-state index in [1.54, 1.807) is 12.1 Å². The Morgan fingerprint density at radius 2 is 2.19 bits per heavy atom. The van der Waals surface area contributed by atoms with Crippen molar-refractivity contribution in [2.45, 2.75) is 10.2 Å². The molecule has 0 aliphatic heterocycles. The van der Waals surface area contributed by atoms with Crippen LogP contribution in [-0.2, 0) is 4.74 Å². The van der Waals surface area contributed by atoms with Crippen LogP contribution in [0, 0.1) is 0 Å². The Labute approximate surface area is 124 Å². The number of methoxy groups -OCH3 is 1. The number of carbonyl (C=O) groups excluding carboxylic acids is 1. The van der Waals surface area contributed by atoms with E-state index in [4.69, 9.17) is 5.73 Å². The summed E-state index contributed by atoms with van der Waals surface area (Å²) in [6, 6.07) is 7.13. The van der Waals surface area contributed by atoms with Crippen molar-refractivity contribution in [2.75, 3.05) is 12.8 Å². The lowest BCUT2D eigenvalue weighted by Gasteiger charge is -1.99. The van der Waals surface area contributed by atoms with E-state index < -0.39 is 5.97 Å². The van der Waals surface area contributed by atoms with Gasteiger partial charge in [0.15, 0.2) is 5.16 Å². The van der Waals surface area contributed by atoms with Crippen molar-refractivity contribution in [3.63, 3.8) is 0 Å². The van der Waals surface area contributed by atoms with Gasteiger partial charge in [0.05, 0.1) is 18.1 Å². The number of ether oxygens (including phenoxy) is 1. The van der Waals surface area contributed by atoms with Gasteiger partial charge < -0.3 is 15.5 Å². The molecule has 0 bridgehead atoms. The summed E-state index contributed by atoms with van der Waals surface area (Å²) in [6.07, 6.45) is 1.50. The highest BCUT2D eigenvalue weighted by Crippen LogP contribution is 2.26. The maximum Gasteiger partial charge on any atom is 0.376 e. The number of nitrogen functional groups attached to an aromatic ring is 1. The van der Waals surface area contributed by atoms with E-state index in [1.165, 1.54) is 25.1 Å². The Hall–Kier alpha value is -2.61. The molecular formula is C13H11N5O2S. The number of anilines is 1. The van der Waals surface area contributed by atoms with Gasteiger partial charge in [0.2, 0.25) is 5.82 Å². The Balaban J connectivity index is 1.89. The number of hydrogen-bond acceptors (Lipinski definition) is 7. The smallest absolute Gasteiger partial charge is 0.376 e. The third-order valence-corrected chi connectivity index (χ3v) is 3.51. The number of rotatable bonds is 3. The summed E-state index contributed by atoms with van der Waals surface area (Å²) >= 11 is 1.29. The van der Waals surface area contributed by atoms with Crippen molar-refractivity contribution in [3.8, 4) is 0 Å². The minimum absolute atomic E-state index is 0.0165. The van der Waals surface area contributed by atoms with Crippen LogP contribution in [0.25, 0.3) is 11.0 Å². The molecule has 7 nitrogen and oxygen atoms in total. The maximum absolute atomic E-state index is 11.4. The SMILES string of the molecule is COC(=O)c1nccc(Sc2nc3ccc(N)cc3[nH]2)n1. The van der Waals surface area contributed by atoms with Crippen molar-refractivity contribution >= 4 is 34.5 Å².